The molecule has 0 saturated carbocycles. The van der Waals surface area contributed by atoms with Crippen molar-refractivity contribution in [2.24, 2.45) is 5.92 Å². The number of carbonyl (C=O) groups excluding carboxylic acids is 1. The van der Waals surface area contributed by atoms with Crippen LogP contribution in [0.15, 0.2) is 18.2 Å². The first-order chi connectivity index (χ1) is 10.8. The van der Waals surface area contributed by atoms with E-state index in [1.54, 1.807) is 18.2 Å². The molecule has 1 aromatic carbocycles. The average molecular weight is 333 g/mol. The summed E-state index contributed by atoms with van der Waals surface area (Å²) in [6.07, 6.45) is 0.615. The minimum absolute atomic E-state index is 0.00842. The first-order valence-corrected chi connectivity index (χ1v) is 9.40. The second kappa shape index (κ2) is 5.88. The highest BCUT2D eigenvalue weighted by atomic mass is 32.2. The molecule has 0 radical (unpaired) electrons. The van der Waals surface area contributed by atoms with E-state index in [4.69, 9.17) is 0 Å². The van der Waals surface area contributed by atoms with Crippen LogP contribution in [0.4, 0.5) is 0 Å². The molecule has 1 amide bonds. The summed E-state index contributed by atoms with van der Waals surface area (Å²) in [5, 5.41) is 2.82. The van der Waals surface area contributed by atoms with Crippen molar-refractivity contribution in [3.8, 4) is 0 Å². The lowest BCUT2D eigenvalue weighted by Crippen LogP contribution is -2.29. The fourth-order valence-corrected chi connectivity index (χ4v) is 4.61. The topological polar surface area (TPSA) is 89.0 Å². The number of benzene rings is 1. The van der Waals surface area contributed by atoms with Crippen LogP contribution in [-0.2, 0) is 9.84 Å². The third kappa shape index (κ3) is 3.50. The predicted molar refractivity (Wildman–Crippen MR) is 88.1 cm³/mol. The van der Waals surface area contributed by atoms with Gasteiger partial charge in [0.05, 0.1) is 33.9 Å². The minimum atomic E-state index is -2.92. The Morgan fingerprint density at radius 1 is 1.22 bits per heavy atom. The Labute approximate surface area is 135 Å². The summed E-state index contributed by atoms with van der Waals surface area (Å²) in [4.78, 5) is 21.1. The average Bonchev–Trinajstić information content (AvgIpc) is 2.85. The van der Waals surface area contributed by atoms with Crippen molar-refractivity contribution >= 4 is 26.8 Å². The van der Waals surface area contributed by atoms with Crippen molar-refractivity contribution in [2.75, 3.05) is 18.1 Å². The summed E-state index contributed by atoms with van der Waals surface area (Å²) in [6, 6.07) is 5.21. The van der Waals surface area contributed by atoms with Crippen molar-refractivity contribution < 1.29 is 13.2 Å². The Morgan fingerprint density at radius 3 is 2.57 bits per heavy atom. The summed E-state index contributed by atoms with van der Waals surface area (Å²) >= 11 is 0. The minimum Gasteiger partial charge on any atom is -0.352 e. The largest absolute Gasteiger partial charge is 0.352 e. The Morgan fingerprint density at radius 2 is 1.91 bits per heavy atom. The molecule has 1 aliphatic heterocycles. The van der Waals surface area contributed by atoms with Gasteiger partial charge in [0, 0.05) is 12.1 Å². The van der Waals surface area contributed by atoms with Gasteiger partial charge in [0.25, 0.3) is 5.91 Å². The van der Waals surface area contributed by atoms with Crippen LogP contribution in [0.1, 0.15) is 28.2 Å². The van der Waals surface area contributed by atoms with Crippen molar-refractivity contribution in [3.63, 3.8) is 0 Å². The zero-order chi connectivity index (χ0) is 16.6. The van der Waals surface area contributed by atoms with E-state index in [-0.39, 0.29) is 23.3 Å². The highest BCUT2D eigenvalue weighted by Gasteiger charge is 2.28. The van der Waals surface area contributed by atoms with Crippen LogP contribution in [0.25, 0.3) is 11.0 Å². The summed E-state index contributed by atoms with van der Waals surface area (Å²) in [5.41, 5.74) is 3.66. The standard InChI is InChI=1S/C16H19N3O3S/c1-10-11(2)19-15-7-13(3-4-14(15)18-10)16(20)17-8-12-5-6-23(21,22)9-12/h3-4,7,12H,5-6,8-9H2,1-2H3,(H,17,20)/t12-/m0/s1. The van der Waals surface area contributed by atoms with Crippen molar-refractivity contribution in [3.05, 3.63) is 35.2 Å². The molecule has 0 spiro atoms. The zero-order valence-corrected chi connectivity index (χ0v) is 14.0. The number of aryl methyl sites for hydroxylation is 2. The maximum absolute atomic E-state index is 12.2. The number of hydrogen-bond donors (Lipinski definition) is 1. The van der Waals surface area contributed by atoms with Crippen molar-refractivity contribution in [2.45, 2.75) is 20.3 Å². The molecule has 2 heterocycles. The third-order valence-corrected chi connectivity index (χ3v) is 6.05. The molecule has 2 aromatic rings. The molecule has 1 atom stereocenters. The van der Waals surface area contributed by atoms with Crippen molar-refractivity contribution in [1.29, 1.82) is 0 Å². The lowest BCUT2D eigenvalue weighted by atomic mass is 10.1. The number of sulfone groups is 1. The number of carbonyl (C=O) groups is 1. The molecule has 6 nitrogen and oxygen atoms in total. The van der Waals surface area contributed by atoms with E-state index in [2.05, 4.69) is 15.3 Å². The molecule has 3 rings (SSSR count). The second-order valence-corrected chi connectivity index (χ2v) is 8.31. The SMILES string of the molecule is Cc1nc2ccc(C(=O)NC[C@@H]3CCS(=O)(=O)C3)cc2nc1C. The van der Waals surface area contributed by atoms with Gasteiger partial charge in [-0.15, -0.1) is 0 Å². The molecule has 1 aromatic heterocycles. The zero-order valence-electron chi connectivity index (χ0n) is 13.2. The molecule has 0 unspecified atom stereocenters. The molecule has 23 heavy (non-hydrogen) atoms. The highest BCUT2D eigenvalue weighted by Crippen LogP contribution is 2.18. The normalized spacial score (nSPS) is 19.8. The monoisotopic (exact) mass is 333 g/mol. The Bertz CT molecular complexity index is 878. The number of amides is 1. The van der Waals surface area contributed by atoms with Gasteiger partial charge in [0.1, 0.15) is 0 Å². The molecule has 122 valence electrons. The van der Waals surface area contributed by atoms with E-state index >= 15 is 0 Å². The van der Waals surface area contributed by atoms with E-state index in [9.17, 15) is 13.2 Å². The Hall–Kier alpha value is -2.02. The lowest BCUT2D eigenvalue weighted by Gasteiger charge is -2.10. The maximum atomic E-state index is 12.2. The van der Waals surface area contributed by atoms with Gasteiger partial charge < -0.3 is 5.32 Å². The molecular weight excluding hydrogens is 314 g/mol. The van der Waals surface area contributed by atoms with Gasteiger partial charge in [-0.05, 0) is 44.4 Å². The lowest BCUT2D eigenvalue weighted by molar-refractivity contribution is 0.0948. The highest BCUT2D eigenvalue weighted by molar-refractivity contribution is 7.91. The smallest absolute Gasteiger partial charge is 0.251 e. The summed E-state index contributed by atoms with van der Waals surface area (Å²) in [6.45, 7) is 4.17. The van der Waals surface area contributed by atoms with E-state index in [0.717, 1.165) is 16.9 Å². The number of nitrogens with one attached hydrogen (secondary N) is 1. The van der Waals surface area contributed by atoms with Crippen LogP contribution in [0.5, 0.6) is 0 Å². The summed E-state index contributed by atoms with van der Waals surface area (Å²) < 4.78 is 22.9. The predicted octanol–water partition coefficient (Wildman–Crippen LogP) is 1.41. The summed E-state index contributed by atoms with van der Waals surface area (Å²) in [5.74, 6) is 0.178. The molecule has 0 bridgehead atoms. The van der Waals surface area contributed by atoms with Gasteiger partial charge in [-0.25, -0.2) is 18.4 Å². The van der Waals surface area contributed by atoms with Crippen LogP contribution in [-0.4, -0.2) is 42.3 Å². The van der Waals surface area contributed by atoms with E-state index < -0.39 is 9.84 Å². The maximum Gasteiger partial charge on any atom is 0.251 e. The van der Waals surface area contributed by atoms with Crippen molar-refractivity contribution in [1.82, 2.24) is 15.3 Å². The molecule has 0 aliphatic carbocycles. The first kappa shape index (κ1) is 15.9. The fraction of sp³-hybridized carbons (Fsp3) is 0.438. The number of rotatable bonds is 3. The van der Waals surface area contributed by atoms with Gasteiger partial charge >= 0.3 is 0 Å². The van der Waals surface area contributed by atoms with Gasteiger partial charge in [-0.1, -0.05) is 0 Å². The number of aromatic nitrogens is 2. The van der Waals surface area contributed by atoms with Gasteiger partial charge in [0.15, 0.2) is 9.84 Å². The number of nitrogens with zero attached hydrogens (tertiary/aromatic N) is 2. The molecule has 7 heteroatoms. The Kier molecular flexibility index (Phi) is 4.06. The van der Waals surface area contributed by atoms with Gasteiger partial charge in [-0.2, -0.15) is 0 Å². The molecule has 1 saturated heterocycles. The van der Waals surface area contributed by atoms with E-state index in [1.807, 2.05) is 13.8 Å². The van der Waals surface area contributed by atoms with Crippen LogP contribution >= 0.6 is 0 Å². The third-order valence-electron chi connectivity index (χ3n) is 4.22. The number of fused-ring (bicyclic) bond motifs is 1. The molecule has 1 fully saturated rings. The summed E-state index contributed by atoms with van der Waals surface area (Å²) in [7, 11) is -2.92. The number of hydrogen-bond acceptors (Lipinski definition) is 5. The quantitative estimate of drug-likeness (QED) is 0.917. The second-order valence-electron chi connectivity index (χ2n) is 6.08. The fourth-order valence-electron chi connectivity index (χ4n) is 2.74. The van der Waals surface area contributed by atoms with Crippen LogP contribution in [0.3, 0.4) is 0 Å². The van der Waals surface area contributed by atoms with Crippen LogP contribution in [0.2, 0.25) is 0 Å². The Balaban J connectivity index is 1.72. The molecular formula is C16H19N3O3S. The van der Waals surface area contributed by atoms with Crippen LogP contribution in [0, 0.1) is 19.8 Å². The van der Waals surface area contributed by atoms with Crippen LogP contribution < -0.4 is 5.32 Å². The molecule has 1 N–H and O–H groups in total. The first-order valence-electron chi connectivity index (χ1n) is 7.58. The van der Waals surface area contributed by atoms with Gasteiger partial charge in [0.2, 0.25) is 0 Å². The van der Waals surface area contributed by atoms with E-state index in [1.165, 1.54) is 0 Å². The molecule has 1 aliphatic rings. The van der Waals surface area contributed by atoms with Gasteiger partial charge in [-0.3, -0.25) is 4.79 Å². The van der Waals surface area contributed by atoms with E-state index in [0.29, 0.717) is 24.0 Å².